The predicted molar refractivity (Wildman–Crippen MR) is 149 cm³/mol. The Morgan fingerprint density at radius 3 is 2.51 bits per heavy atom. The Morgan fingerprint density at radius 1 is 1.16 bits per heavy atom. The Balaban J connectivity index is 1.41. The molecule has 1 aliphatic carbocycles. The summed E-state index contributed by atoms with van der Waals surface area (Å²) in [4.78, 5) is 20.2. The summed E-state index contributed by atoms with van der Waals surface area (Å²) in [5.41, 5.74) is 8.10. The van der Waals surface area contributed by atoms with Crippen LogP contribution in [0.25, 0.3) is 0 Å². The number of nitrogens with one attached hydrogen (secondary N) is 2. The standard InChI is InChI=1S/C27H40ClN7O2/c1-37-19-10-15-34(16-11-19)21-9-14-30-17-20(21)32-26(36)23-24(29)33-35-25(23)31-18-22(28)27(35)12-7-5-3-2-4-6-8-13-27/h9,14,17,19,22,31H,2-8,10-13,15-16,18H2,1H3,(H2,29,33)(H,32,36). The summed E-state index contributed by atoms with van der Waals surface area (Å²) in [6.45, 7) is 2.30. The van der Waals surface area contributed by atoms with Gasteiger partial charge in [0.15, 0.2) is 5.82 Å². The van der Waals surface area contributed by atoms with E-state index in [1.165, 1.54) is 32.1 Å². The van der Waals surface area contributed by atoms with Crippen LogP contribution in [0.3, 0.4) is 0 Å². The van der Waals surface area contributed by atoms with Gasteiger partial charge in [0.25, 0.3) is 5.91 Å². The van der Waals surface area contributed by atoms with E-state index >= 15 is 0 Å². The van der Waals surface area contributed by atoms with Crippen LogP contribution in [0.4, 0.5) is 23.0 Å². The summed E-state index contributed by atoms with van der Waals surface area (Å²) in [6, 6.07) is 1.95. The van der Waals surface area contributed by atoms with Gasteiger partial charge in [-0.3, -0.25) is 9.78 Å². The third-order valence-electron chi connectivity index (χ3n) is 8.47. The normalized spacial score (nSPS) is 22.8. The quantitative estimate of drug-likeness (QED) is 0.479. The summed E-state index contributed by atoms with van der Waals surface area (Å²) in [6.07, 6.45) is 16.0. The zero-order valence-corrected chi connectivity index (χ0v) is 22.6. The third-order valence-corrected chi connectivity index (χ3v) is 9.04. The van der Waals surface area contributed by atoms with E-state index in [-0.39, 0.29) is 28.7 Å². The average Bonchev–Trinajstić information content (AvgIpc) is 3.27. The van der Waals surface area contributed by atoms with Crippen LogP contribution in [-0.4, -0.2) is 58.9 Å². The molecule has 3 aliphatic rings. The molecule has 1 saturated heterocycles. The van der Waals surface area contributed by atoms with Crippen molar-refractivity contribution in [1.82, 2.24) is 14.8 Å². The van der Waals surface area contributed by atoms with Crippen molar-refractivity contribution in [3.63, 3.8) is 0 Å². The van der Waals surface area contributed by atoms with Gasteiger partial charge in [0.1, 0.15) is 11.4 Å². The molecule has 1 saturated carbocycles. The Labute approximate surface area is 224 Å². The maximum Gasteiger partial charge on any atom is 0.263 e. The number of ether oxygens (including phenoxy) is 1. The second-order valence-electron chi connectivity index (χ2n) is 10.7. The van der Waals surface area contributed by atoms with E-state index in [0.717, 1.165) is 57.3 Å². The average molecular weight is 530 g/mol. The van der Waals surface area contributed by atoms with Gasteiger partial charge < -0.3 is 26.0 Å². The molecule has 1 atom stereocenters. The minimum absolute atomic E-state index is 0.116. The maximum absolute atomic E-state index is 13.7. The Bertz CT molecular complexity index is 1070. The molecule has 1 amide bonds. The first kappa shape index (κ1) is 26.1. The smallest absolute Gasteiger partial charge is 0.263 e. The molecular formula is C27H40ClN7O2. The van der Waals surface area contributed by atoms with Crippen molar-refractivity contribution in [3.05, 3.63) is 24.0 Å². The molecule has 10 heteroatoms. The van der Waals surface area contributed by atoms with Gasteiger partial charge in [0.2, 0.25) is 0 Å². The summed E-state index contributed by atoms with van der Waals surface area (Å²) >= 11 is 7.01. The zero-order valence-electron chi connectivity index (χ0n) is 21.8. The lowest BCUT2D eigenvalue weighted by atomic mass is 9.81. The fraction of sp³-hybridized carbons (Fsp3) is 0.667. The number of amides is 1. The first-order valence-corrected chi connectivity index (χ1v) is 14.3. The highest BCUT2D eigenvalue weighted by molar-refractivity contribution is 6.22. The number of carbonyl (C=O) groups is 1. The number of aromatic nitrogens is 3. The minimum Gasteiger partial charge on any atom is -0.381 e. The highest BCUT2D eigenvalue weighted by atomic mass is 35.5. The van der Waals surface area contributed by atoms with Crippen LogP contribution < -0.4 is 21.3 Å². The molecule has 202 valence electrons. The van der Waals surface area contributed by atoms with E-state index in [1.807, 2.05) is 10.7 Å². The molecule has 2 aromatic heterocycles. The second kappa shape index (κ2) is 11.5. The van der Waals surface area contributed by atoms with Crippen LogP contribution in [0, 0.1) is 0 Å². The lowest BCUT2D eigenvalue weighted by Crippen LogP contribution is -2.50. The molecule has 2 aromatic rings. The largest absolute Gasteiger partial charge is 0.381 e. The van der Waals surface area contributed by atoms with Crippen molar-refractivity contribution in [2.45, 2.75) is 87.6 Å². The molecule has 0 aromatic carbocycles. The fourth-order valence-corrected chi connectivity index (χ4v) is 6.71. The van der Waals surface area contributed by atoms with E-state index in [2.05, 4.69) is 20.5 Å². The number of nitrogen functional groups attached to an aromatic ring is 1. The lowest BCUT2D eigenvalue weighted by molar-refractivity contribution is 0.0819. The first-order valence-electron chi connectivity index (χ1n) is 13.8. The number of pyridine rings is 1. The number of methoxy groups -OCH3 is 1. The highest BCUT2D eigenvalue weighted by Crippen LogP contribution is 2.44. The Kier molecular flexibility index (Phi) is 8.09. The van der Waals surface area contributed by atoms with Crippen molar-refractivity contribution < 1.29 is 9.53 Å². The van der Waals surface area contributed by atoms with Gasteiger partial charge in [0.05, 0.1) is 34.6 Å². The molecule has 2 fully saturated rings. The van der Waals surface area contributed by atoms with Crippen molar-refractivity contribution in [3.8, 4) is 0 Å². The number of hydrogen-bond acceptors (Lipinski definition) is 7. The molecular weight excluding hydrogens is 490 g/mol. The molecule has 1 unspecified atom stereocenters. The van der Waals surface area contributed by atoms with Gasteiger partial charge in [0, 0.05) is 32.9 Å². The molecule has 4 N–H and O–H groups in total. The number of rotatable bonds is 4. The van der Waals surface area contributed by atoms with E-state index in [4.69, 9.17) is 27.2 Å². The minimum atomic E-state index is -0.336. The number of halogens is 1. The first-order chi connectivity index (χ1) is 18.0. The van der Waals surface area contributed by atoms with E-state index in [1.54, 1.807) is 19.5 Å². The third kappa shape index (κ3) is 5.25. The number of anilines is 4. The number of nitrogens with zero attached hydrogens (tertiary/aromatic N) is 4. The molecule has 4 heterocycles. The number of hydrogen-bond donors (Lipinski definition) is 3. The van der Waals surface area contributed by atoms with Crippen LogP contribution >= 0.6 is 11.6 Å². The van der Waals surface area contributed by atoms with Gasteiger partial charge in [-0.05, 0) is 31.7 Å². The van der Waals surface area contributed by atoms with Crippen LogP contribution in [0.15, 0.2) is 18.5 Å². The van der Waals surface area contributed by atoms with E-state index in [9.17, 15) is 4.79 Å². The van der Waals surface area contributed by atoms with Crippen molar-refractivity contribution in [2.75, 3.05) is 48.0 Å². The molecule has 5 rings (SSSR count). The molecule has 9 nitrogen and oxygen atoms in total. The Morgan fingerprint density at radius 2 is 1.84 bits per heavy atom. The molecule has 37 heavy (non-hydrogen) atoms. The summed E-state index contributed by atoms with van der Waals surface area (Å²) in [5, 5.41) is 11.1. The molecule has 2 aliphatic heterocycles. The van der Waals surface area contributed by atoms with Gasteiger partial charge in [-0.1, -0.05) is 44.9 Å². The number of nitrogens with two attached hydrogens (primary N) is 1. The monoisotopic (exact) mass is 529 g/mol. The van der Waals surface area contributed by atoms with Crippen molar-refractivity contribution >= 4 is 40.5 Å². The van der Waals surface area contributed by atoms with E-state index < -0.39 is 0 Å². The van der Waals surface area contributed by atoms with Gasteiger partial charge in [-0.15, -0.1) is 11.6 Å². The van der Waals surface area contributed by atoms with Gasteiger partial charge in [-0.2, -0.15) is 5.10 Å². The van der Waals surface area contributed by atoms with E-state index in [0.29, 0.717) is 23.6 Å². The second-order valence-corrected chi connectivity index (χ2v) is 11.2. The van der Waals surface area contributed by atoms with Crippen LogP contribution in [0.5, 0.6) is 0 Å². The van der Waals surface area contributed by atoms with Crippen LogP contribution in [0.1, 0.15) is 81.0 Å². The molecule has 0 bridgehead atoms. The maximum atomic E-state index is 13.7. The summed E-state index contributed by atoms with van der Waals surface area (Å²) < 4.78 is 7.48. The lowest BCUT2D eigenvalue weighted by Gasteiger charge is -2.43. The number of carbonyl (C=O) groups excluding carboxylic acids is 1. The van der Waals surface area contributed by atoms with Gasteiger partial charge in [-0.25, -0.2) is 4.68 Å². The highest BCUT2D eigenvalue weighted by Gasteiger charge is 2.46. The van der Waals surface area contributed by atoms with Crippen LogP contribution in [-0.2, 0) is 10.3 Å². The van der Waals surface area contributed by atoms with Gasteiger partial charge >= 0.3 is 0 Å². The summed E-state index contributed by atoms with van der Waals surface area (Å²) in [7, 11) is 1.76. The molecule has 1 spiro atoms. The van der Waals surface area contributed by atoms with Crippen molar-refractivity contribution in [2.24, 2.45) is 0 Å². The van der Waals surface area contributed by atoms with Crippen LogP contribution in [0.2, 0.25) is 0 Å². The summed E-state index contributed by atoms with van der Waals surface area (Å²) in [5.74, 6) is 0.624. The number of alkyl halides is 1. The fourth-order valence-electron chi connectivity index (χ4n) is 6.33. The predicted octanol–water partition coefficient (Wildman–Crippen LogP) is 4.98. The molecule has 0 radical (unpaired) electrons. The van der Waals surface area contributed by atoms with Crippen molar-refractivity contribution in [1.29, 1.82) is 0 Å². The number of fused-ring (bicyclic) bond motifs is 2. The SMILES string of the molecule is COC1CCN(c2ccncc2NC(=O)c2c(N)nn3c2NCC(Cl)C32CCCCCCCCC2)CC1. The zero-order chi connectivity index (χ0) is 25.8. The topological polar surface area (TPSA) is 110 Å². The Hall–Kier alpha value is -2.52. The number of piperidine rings is 1.